The second kappa shape index (κ2) is 11.8. The van der Waals surface area contributed by atoms with Crippen LogP contribution in [-0.4, -0.2) is 45.3 Å². The van der Waals surface area contributed by atoms with Crippen LogP contribution in [0.15, 0.2) is 85.1 Å². The fourth-order valence-electron chi connectivity index (χ4n) is 3.99. The Kier molecular flexibility index (Phi) is 8.05. The lowest BCUT2D eigenvalue weighted by atomic mass is 10.0. The second-order valence-corrected chi connectivity index (χ2v) is 8.60. The summed E-state index contributed by atoms with van der Waals surface area (Å²) in [4.78, 5) is 40.9. The second-order valence-electron chi connectivity index (χ2n) is 8.60. The number of nitrogens with one attached hydrogen (secondary N) is 3. The third-order valence-corrected chi connectivity index (χ3v) is 5.89. The van der Waals surface area contributed by atoms with Crippen molar-refractivity contribution in [3.05, 3.63) is 102 Å². The Morgan fingerprint density at radius 2 is 1.51 bits per heavy atom. The molecule has 1 aromatic heterocycles. The highest BCUT2D eigenvalue weighted by Crippen LogP contribution is 2.24. The number of carboxylic acid groups (broad SMARTS) is 1. The van der Waals surface area contributed by atoms with Gasteiger partial charge in [-0.2, -0.15) is 0 Å². The maximum Gasteiger partial charge on any atom is 0.408 e. The molecule has 0 radical (unpaired) electrons. The number of phenolic OH excluding ortho intramolecular Hbond substituents is 1. The van der Waals surface area contributed by atoms with Crippen molar-refractivity contribution in [3.63, 3.8) is 0 Å². The normalized spacial score (nSPS) is 12.4. The molecule has 3 aromatic carbocycles. The molecule has 0 unspecified atom stereocenters. The van der Waals surface area contributed by atoms with E-state index in [1.165, 1.54) is 6.07 Å². The third-order valence-electron chi connectivity index (χ3n) is 5.89. The van der Waals surface area contributed by atoms with E-state index >= 15 is 0 Å². The molecular formula is C28H27N3O6. The van der Waals surface area contributed by atoms with Gasteiger partial charge in [-0.15, -0.1) is 0 Å². The van der Waals surface area contributed by atoms with Crippen molar-refractivity contribution in [2.75, 3.05) is 0 Å². The van der Waals surface area contributed by atoms with E-state index < -0.39 is 30.1 Å². The topological polar surface area (TPSA) is 141 Å². The van der Waals surface area contributed by atoms with Crippen molar-refractivity contribution in [1.29, 1.82) is 0 Å². The highest BCUT2D eigenvalue weighted by atomic mass is 16.5. The summed E-state index contributed by atoms with van der Waals surface area (Å²) in [6.07, 6.45) is 0.975. The van der Waals surface area contributed by atoms with Crippen LogP contribution < -0.4 is 10.6 Å². The smallest absolute Gasteiger partial charge is 0.408 e. The molecule has 9 heteroatoms. The van der Waals surface area contributed by atoms with Gasteiger partial charge in [0.2, 0.25) is 5.91 Å². The zero-order chi connectivity index (χ0) is 26.2. The zero-order valence-electron chi connectivity index (χ0n) is 19.9. The number of amides is 2. The molecule has 5 N–H and O–H groups in total. The van der Waals surface area contributed by atoms with Gasteiger partial charge in [-0.3, -0.25) is 4.79 Å². The minimum absolute atomic E-state index is 0.00767. The molecule has 2 amide bonds. The van der Waals surface area contributed by atoms with Gasteiger partial charge in [-0.05, 0) is 34.9 Å². The van der Waals surface area contributed by atoms with Gasteiger partial charge in [0.1, 0.15) is 24.4 Å². The minimum atomic E-state index is -1.20. The number of ether oxygens (including phenoxy) is 1. The number of hydrogen-bond donors (Lipinski definition) is 5. The van der Waals surface area contributed by atoms with E-state index in [4.69, 9.17) is 4.74 Å². The van der Waals surface area contributed by atoms with Gasteiger partial charge >= 0.3 is 12.1 Å². The highest BCUT2D eigenvalue weighted by Gasteiger charge is 2.28. The molecule has 0 aliphatic heterocycles. The van der Waals surface area contributed by atoms with E-state index in [1.807, 2.05) is 24.3 Å². The van der Waals surface area contributed by atoms with Crippen molar-refractivity contribution in [1.82, 2.24) is 15.6 Å². The van der Waals surface area contributed by atoms with Crippen molar-refractivity contribution in [2.45, 2.75) is 31.5 Å². The van der Waals surface area contributed by atoms with Crippen LogP contribution >= 0.6 is 0 Å². The fourth-order valence-corrected chi connectivity index (χ4v) is 3.99. The van der Waals surface area contributed by atoms with Gasteiger partial charge in [0, 0.05) is 29.9 Å². The van der Waals surface area contributed by atoms with Crippen molar-refractivity contribution < 1.29 is 29.3 Å². The number of rotatable bonds is 10. The summed E-state index contributed by atoms with van der Waals surface area (Å²) in [6.45, 7) is 0.00767. The number of aromatic nitrogens is 1. The summed E-state index contributed by atoms with van der Waals surface area (Å²) < 4.78 is 5.29. The molecule has 190 valence electrons. The van der Waals surface area contributed by atoms with E-state index in [9.17, 15) is 24.6 Å². The quantitative estimate of drug-likeness (QED) is 0.225. The van der Waals surface area contributed by atoms with E-state index in [2.05, 4.69) is 15.6 Å². The predicted molar refractivity (Wildman–Crippen MR) is 137 cm³/mol. The van der Waals surface area contributed by atoms with Crippen LogP contribution in [0.1, 0.15) is 16.7 Å². The first-order valence-electron chi connectivity index (χ1n) is 11.7. The van der Waals surface area contributed by atoms with Crippen LogP contribution in [0.4, 0.5) is 4.79 Å². The lowest BCUT2D eigenvalue weighted by Crippen LogP contribution is -2.53. The molecule has 0 fully saturated rings. The Labute approximate surface area is 213 Å². The van der Waals surface area contributed by atoms with Gasteiger partial charge in [-0.25, -0.2) is 9.59 Å². The lowest BCUT2D eigenvalue weighted by molar-refractivity contribution is -0.142. The first-order valence-corrected chi connectivity index (χ1v) is 11.7. The monoisotopic (exact) mass is 501 g/mol. The highest BCUT2D eigenvalue weighted by molar-refractivity contribution is 5.91. The zero-order valence-corrected chi connectivity index (χ0v) is 19.9. The maximum absolute atomic E-state index is 13.3. The van der Waals surface area contributed by atoms with Gasteiger partial charge in [-0.1, -0.05) is 60.7 Å². The number of benzene rings is 3. The molecule has 4 aromatic rings. The third kappa shape index (κ3) is 6.88. The number of H-pyrrole nitrogens is 1. The molecule has 1 heterocycles. The number of carbonyl (C=O) groups excluding carboxylic acids is 2. The summed E-state index contributed by atoms with van der Waals surface area (Å²) in [5.74, 6) is -1.81. The summed E-state index contributed by atoms with van der Waals surface area (Å²) in [5.41, 5.74) is 2.92. The van der Waals surface area contributed by atoms with Crippen LogP contribution in [0.25, 0.3) is 10.9 Å². The van der Waals surface area contributed by atoms with Crippen LogP contribution in [-0.2, 0) is 33.8 Å². The number of phenols is 1. The number of carbonyl (C=O) groups is 3. The Balaban J connectivity index is 1.52. The summed E-state index contributed by atoms with van der Waals surface area (Å²) >= 11 is 0. The molecule has 0 bridgehead atoms. The molecule has 0 saturated carbocycles. The molecule has 4 rings (SSSR count). The number of fused-ring (bicyclic) bond motifs is 1. The molecule has 0 saturated heterocycles. The van der Waals surface area contributed by atoms with Crippen LogP contribution in [0.3, 0.4) is 0 Å². The minimum Gasteiger partial charge on any atom is -0.508 e. The molecule has 9 nitrogen and oxygen atoms in total. The Hall–Kier alpha value is -4.79. The average Bonchev–Trinajstić information content (AvgIpc) is 3.29. The molecule has 0 aliphatic carbocycles. The van der Waals surface area contributed by atoms with Crippen LogP contribution in [0, 0.1) is 0 Å². The number of hydrogen-bond acceptors (Lipinski definition) is 5. The average molecular weight is 502 g/mol. The number of aliphatic carboxylic acids is 1. The Morgan fingerprint density at radius 3 is 2.19 bits per heavy atom. The molecule has 0 spiro atoms. The van der Waals surface area contributed by atoms with E-state index in [-0.39, 0.29) is 25.2 Å². The molecular weight excluding hydrogens is 474 g/mol. The molecule has 37 heavy (non-hydrogen) atoms. The Bertz CT molecular complexity index is 1370. The van der Waals surface area contributed by atoms with Crippen molar-refractivity contribution in [2.24, 2.45) is 0 Å². The van der Waals surface area contributed by atoms with Crippen molar-refractivity contribution >= 4 is 28.9 Å². The first-order chi connectivity index (χ1) is 17.9. The van der Waals surface area contributed by atoms with Gasteiger partial charge in [0.15, 0.2) is 0 Å². The maximum atomic E-state index is 13.3. The number of alkyl carbamates (subject to hydrolysis) is 1. The largest absolute Gasteiger partial charge is 0.508 e. The van der Waals surface area contributed by atoms with Crippen LogP contribution in [0.2, 0.25) is 0 Å². The summed E-state index contributed by atoms with van der Waals surface area (Å²) in [6, 6.07) is 20.5. The lowest BCUT2D eigenvalue weighted by Gasteiger charge is -2.21. The van der Waals surface area contributed by atoms with Crippen molar-refractivity contribution in [3.8, 4) is 5.75 Å². The van der Waals surface area contributed by atoms with E-state index in [1.54, 1.807) is 54.7 Å². The molecule has 0 aliphatic rings. The van der Waals surface area contributed by atoms with E-state index in [0.29, 0.717) is 10.9 Å². The van der Waals surface area contributed by atoms with Gasteiger partial charge in [0.25, 0.3) is 0 Å². The Morgan fingerprint density at radius 1 is 0.838 bits per heavy atom. The number of aromatic amines is 1. The predicted octanol–water partition coefficient (Wildman–Crippen LogP) is 3.52. The first kappa shape index (κ1) is 25.3. The van der Waals surface area contributed by atoms with Gasteiger partial charge < -0.3 is 30.6 Å². The van der Waals surface area contributed by atoms with Gasteiger partial charge in [0.05, 0.1) is 0 Å². The SMILES string of the molecule is O=C(N[C@@H](Cc1c[nH]c2ccc(O)cc12)C(=O)N[C@@H](Cc1ccccc1)C(=O)O)OCc1ccccc1. The number of carboxylic acids is 1. The summed E-state index contributed by atoms with van der Waals surface area (Å²) in [7, 11) is 0. The number of aromatic hydroxyl groups is 1. The summed E-state index contributed by atoms with van der Waals surface area (Å²) in [5, 5.41) is 25.4. The molecule has 2 atom stereocenters. The van der Waals surface area contributed by atoms with E-state index in [0.717, 1.165) is 16.6 Å². The fraction of sp³-hybridized carbons (Fsp3) is 0.179. The standard InChI is InChI=1S/C28H27N3O6/c32-21-11-12-23-22(15-21)20(16-29-23)14-24(31-28(36)37-17-19-9-5-2-6-10-19)26(33)30-25(27(34)35)13-18-7-3-1-4-8-18/h1-12,15-16,24-25,29,32H,13-14,17H2,(H,30,33)(H,31,36)(H,34,35)/t24-,25-/m0/s1. The van der Waals surface area contributed by atoms with Crippen LogP contribution in [0.5, 0.6) is 5.75 Å².